The third kappa shape index (κ3) is 5.85. The lowest BCUT2D eigenvalue weighted by molar-refractivity contribution is -0.136. The van der Waals surface area contributed by atoms with Crippen LogP contribution in [0.5, 0.6) is 0 Å². The Hall–Kier alpha value is -4.48. The number of benzene rings is 3. The summed E-state index contributed by atoms with van der Waals surface area (Å²) in [6, 6.07) is 26.7. The van der Waals surface area contributed by atoms with Crippen LogP contribution in [-0.2, 0) is 9.59 Å². The second kappa shape index (κ2) is 11.1. The van der Waals surface area contributed by atoms with Gasteiger partial charge in [0.2, 0.25) is 5.13 Å². The molecule has 0 aliphatic heterocycles. The molecule has 2 amide bonds. The molecule has 9 nitrogen and oxygen atoms in total. The van der Waals surface area contributed by atoms with Gasteiger partial charge in [-0.25, -0.2) is 10.1 Å². The molecule has 2 N–H and O–H groups in total. The first-order valence-electron chi connectivity index (χ1n) is 11.0. The molecule has 5 aromatic rings. The molecule has 5 rings (SSSR count). The SMILES string of the molecule is O=C(NN=Cc1cn(-c2ccccc2)nc1-c1ccc(Br)cc1)C(=O)Nc1nnc(-c2ccccc2)s1. The van der Waals surface area contributed by atoms with Gasteiger partial charge >= 0.3 is 11.8 Å². The van der Waals surface area contributed by atoms with E-state index in [2.05, 4.69) is 42.0 Å². The first-order valence-corrected chi connectivity index (χ1v) is 12.6. The van der Waals surface area contributed by atoms with Crippen molar-refractivity contribution < 1.29 is 9.59 Å². The lowest BCUT2D eigenvalue weighted by Gasteiger charge is -2.01. The summed E-state index contributed by atoms with van der Waals surface area (Å²) >= 11 is 4.61. The summed E-state index contributed by atoms with van der Waals surface area (Å²) in [6.45, 7) is 0. The van der Waals surface area contributed by atoms with E-state index >= 15 is 0 Å². The third-order valence-corrected chi connectivity index (χ3v) is 6.54. The standard InChI is InChI=1S/C26H18BrN7O2S/c27-20-13-11-17(12-14-20)22-19(16-34(33-22)21-9-5-2-6-10-21)15-28-30-24(36)23(35)29-26-32-31-25(37-26)18-7-3-1-4-8-18/h1-16H,(H,30,36)(H,29,32,35). The number of para-hydroxylation sites is 1. The van der Waals surface area contributed by atoms with Gasteiger partial charge in [0.05, 0.1) is 11.9 Å². The van der Waals surface area contributed by atoms with Crippen molar-refractivity contribution in [1.29, 1.82) is 0 Å². The van der Waals surface area contributed by atoms with E-state index in [1.807, 2.05) is 84.9 Å². The van der Waals surface area contributed by atoms with Gasteiger partial charge in [0, 0.05) is 27.4 Å². The van der Waals surface area contributed by atoms with Gasteiger partial charge in [-0.1, -0.05) is 87.9 Å². The zero-order valence-corrected chi connectivity index (χ0v) is 21.5. The maximum absolute atomic E-state index is 12.3. The van der Waals surface area contributed by atoms with Gasteiger partial charge < -0.3 is 0 Å². The van der Waals surface area contributed by atoms with Gasteiger partial charge in [-0.05, 0) is 24.3 Å². The molecule has 0 aliphatic carbocycles. The predicted octanol–water partition coefficient (Wildman–Crippen LogP) is 4.91. The molecule has 0 aliphatic rings. The highest BCUT2D eigenvalue weighted by Gasteiger charge is 2.17. The summed E-state index contributed by atoms with van der Waals surface area (Å²) in [4.78, 5) is 24.7. The van der Waals surface area contributed by atoms with E-state index in [0.717, 1.165) is 21.3 Å². The van der Waals surface area contributed by atoms with E-state index in [0.29, 0.717) is 16.3 Å². The Bertz CT molecular complexity index is 1570. The van der Waals surface area contributed by atoms with Gasteiger partial charge in [-0.15, -0.1) is 10.2 Å². The molecule has 0 bridgehead atoms. The predicted molar refractivity (Wildman–Crippen MR) is 146 cm³/mol. The van der Waals surface area contributed by atoms with Crippen molar-refractivity contribution in [2.75, 3.05) is 5.32 Å². The fourth-order valence-corrected chi connectivity index (χ4v) is 4.37. The molecule has 0 fully saturated rings. The number of hydrazone groups is 1. The van der Waals surface area contributed by atoms with Gasteiger partial charge in [0.15, 0.2) is 0 Å². The zero-order valence-electron chi connectivity index (χ0n) is 19.1. The largest absolute Gasteiger partial charge is 0.329 e. The number of aromatic nitrogens is 4. The lowest BCUT2D eigenvalue weighted by atomic mass is 10.1. The second-order valence-corrected chi connectivity index (χ2v) is 9.54. The van der Waals surface area contributed by atoms with Crippen molar-refractivity contribution in [2.24, 2.45) is 5.10 Å². The van der Waals surface area contributed by atoms with E-state index in [4.69, 9.17) is 5.10 Å². The molecule has 0 radical (unpaired) electrons. The fraction of sp³-hybridized carbons (Fsp3) is 0. The Morgan fingerprint density at radius 2 is 1.57 bits per heavy atom. The van der Waals surface area contributed by atoms with Crippen LogP contribution in [0.15, 0.2) is 101 Å². The van der Waals surface area contributed by atoms with Crippen molar-refractivity contribution in [3.05, 3.63) is 101 Å². The number of rotatable bonds is 6. The Balaban J connectivity index is 1.29. The van der Waals surface area contributed by atoms with Crippen LogP contribution >= 0.6 is 27.3 Å². The maximum Gasteiger partial charge on any atom is 0.329 e. The molecule has 182 valence electrons. The zero-order chi connectivity index (χ0) is 25.6. The number of hydrogen-bond acceptors (Lipinski definition) is 7. The van der Waals surface area contributed by atoms with E-state index in [-0.39, 0.29) is 5.13 Å². The maximum atomic E-state index is 12.3. The average Bonchev–Trinajstić information content (AvgIpc) is 3.58. The third-order valence-electron chi connectivity index (χ3n) is 5.12. The molecule has 0 spiro atoms. The number of nitrogens with one attached hydrogen (secondary N) is 2. The molecule has 0 saturated heterocycles. The molecular formula is C26H18BrN7O2S. The van der Waals surface area contributed by atoms with Crippen molar-refractivity contribution in [2.45, 2.75) is 0 Å². The van der Waals surface area contributed by atoms with Crippen LogP contribution in [0.1, 0.15) is 5.56 Å². The fourth-order valence-electron chi connectivity index (χ4n) is 3.36. The Kier molecular flexibility index (Phi) is 7.24. The number of nitrogens with zero attached hydrogens (tertiary/aromatic N) is 5. The van der Waals surface area contributed by atoms with E-state index in [1.165, 1.54) is 17.6 Å². The highest BCUT2D eigenvalue weighted by molar-refractivity contribution is 9.10. The molecule has 2 heterocycles. The van der Waals surface area contributed by atoms with Gasteiger partial charge in [-0.3, -0.25) is 14.9 Å². The minimum atomic E-state index is -0.937. The van der Waals surface area contributed by atoms with E-state index < -0.39 is 11.8 Å². The highest BCUT2D eigenvalue weighted by atomic mass is 79.9. The normalized spacial score (nSPS) is 10.9. The van der Waals surface area contributed by atoms with Crippen LogP contribution in [0.4, 0.5) is 5.13 Å². The van der Waals surface area contributed by atoms with Crippen LogP contribution < -0.4 is 10.7 Å². The first kappa shape index (κ1) is 24.2. The van der Waals surface area contributed by atoms with E-state index in [9.17, 15) is 9.59 Å². The van der Waals surface area contributed by atoms with Crippen LogP contribution in [0.25, 0.3) is 27.5 Å². The summed E-state index contributed by atoms with van der Waals surface area (Å²) in [7, 11) is 0. The smallest absolute Gasteiger partial charge is 0.292 e. The van der Waals surface area contributed by atoms with Gasteiger partial charge in [0.1, 0.15) is 10.7 Å². The Labute approximate surface area is 224 Å². The molecule has 0 unspecified atom stereocenters. The van der Waals surface area contributed by atoms with E-state index in [1.54, 1.807) is 10.9 Å². The van der Waals surface area contributed by atoms with Crippen LogP contribution in [0, 0.1) is 0 Å². The van der Waals surface area contributed by atoms with Crippen molar-refractivity contribution in [3.63, 3.8) is 0 Å². The topological polar surface area (TPSA) is 114 Å². The summed E-state index contributed by atoms with van der Waals surface area (Å²) in [5.41, 5.74) is 6.19. The molecular weight excluding hydrogens is 554 g/mol. The molecule has 37 heavy (non-hydrogen) atoms. The number of carbonyl (C=O) groups excluding carboxylic acids is 2. The number of carbonyl (C=O) groups is 2. The Morgan fingerprint density at radius 1 is 0.865 bits per heavy atom. The number of hydrogen-bond donors (Lipinski definition) is 2. The van der Waals surface area contributed by atoms with Crippen molar-refractivity contribution in [3.8, 4) is 27.5 Å². The summed E-state index contributed by atoms with van der Waals surface area (Å²) in [5, 5.41) is 20.0. The van der Waals surface area contributed by atoms with Crippen LogP contribution in [0.2, 0.25) is 0 Å². The van der Waals surface area contributed by atoms with Crippen molar-refractivity contribution >= 4 is 50.4 Å². The van der Waals surface area contributed by atoms with Gasteiger partial charge in [0.25, 0.3) is 0 Å². The number of anilines is 1. The molecule has 0 atom stereocenters. The first-order chi connectivity index (χ1) is 18.1. The van der Waals surface area contributed by atoms with Crippen LogP contribution in [0.3, 0.4) is 0 Å². The summed E-state index contributed by atoms with van der Waals surface area (Å²) in [5.74, 6) is -1.84. The molecule has 2 aromatic heterocycles. The van der Waals surface area contributed by atoms with Gasteiger partial charge in [-0.2, -0.15) is 10.2 Å². The van der Waals surface area contributed by atoms with Crippen molar-refractivity contribution in [1.82, 2.24) is 25.4 Å². The minimum Gasteiger partial charge on any atom is -0.292 e. The molecule has 3 aromatic carbocycles. The Morgan fingerprint density at radius 3 is 2.30 bits per heavy atom. The number of halogens is 1. The summed E-state index contributed by atoms with van der Waals surface area (Å²) in [6.07, 6.45) is 3.25. The molecule has 11 heteroatoms. The minimum absolute atomic E-state index is 0.213. The quantitative estimate of drug-likeness (QED) is 0.171. The monoisotopic (exact) mass is 571 g/mol. The van der Waals surface area contributed by atoms with Crippen LogP contribution in [-0.4, -0.2) is 38.0 Å². The lowest BCUT2D eigenvalue weighted by Crippen LogP contribution is -2.32. The second-order valence-electron chi connectivity index (χ2n) is 7.65. The average molecular weight is 572 g/mol. The number of amides is 2. The summed E-state index contributed by atoms with van der Waals surface area (Å²) < 4.78 is 2.67. The molecule has 0 saturated carbocycles. The highest BCUT2D eigenvalue weighted by Crippen LogP contribution is 2.26.